The smallest absolute Gasteiger partial charge is 0.241 e. The Morgan fingerprint density at radius 2 is 1.80 bits per heavy atom. The number of primary amides is 1. The summed E-state index contributed by atoms with van der Waals surface area (Å²) in [7, 11) is 0. The van der Waals surface area contributed by atoms with Gasteiger partial charge in [0.05, 0.1) is 0 Å². The minimum absolute atomic E-state index is 0.450. The first kappa shape index (κ1) is 14.0. The number of fused-ring (bicyclic) bond motifs is 1. The van der Waals surface area contributed by atoms with Crippen molar-refractivity contribution in [1.82, 2.24) is 4.98 Å². The van der Waals surface area contributed by atoms with E-state index in [1.807, 2.05) is 6.07 Å². The zero-order valence-corrected chi connectivity index (χ0v) is 11.3. The average molecular weight is 266 g/mol. The maximum absolute atomic E-state index is 10.3. The fourth-order valence-corrected chi connectivity index (χ4v) is 2.17. The molecule has 0 unspecified atom stereocenters. The minimum atomic E-state index is -0.450. The number of carbonyl (C=O) groups excluding carboxylic acids is 1. The summed E-state index contributed by atoms with van der Waals surface area (Å²) in [6.45, 7) is 0. The van der Waals surface area contributed by atoms with Gasteiger partial charge in [-0.3, -0.25) is 9.78 Å². The molecule has 1 aliphatic carbocycles. The number of aromatic nitrogens is 1. The van der Waals surface area contributed by atoms with Crippen molar-refractivity contribution in [3.05, 3.63) is 71.6 Å². The van der Waals surface area contributed by atoms with Crippen LogP contribution in [0.1, 0.15) is 23.1 Å². The Hall–Kier alpha value is -2.42. The summed E-state index contributed by atoms with van der Waals surface area (Å²) in [5.74, 6) is -0.450. The van der Waals surface area contributed by atoms with Crippen LogP contribution in [0.4, 0.5) is 0 Å². The van der Waals surface area contributed by atoms with E-state index in [0.717, 1.165) is 5.56 Å². The molecule has 1 amide bonds. The van der Waals surface area contributed by atoms with Crippen molar-refractivity contribution in [2.45, 2.75) is 19.3 Å². The van der Waals surface area contributed by atoms with E-state index in [0.29, 0.717) is 0 Å². The number of carbonyl (C=O) groups is 1. The SMILES string of the molecule is NC(=O)/C=C/c1cccnc1.c1ccc2c(c1)CCC2. The molecule has 20 heavy (non-hydrogen) atoms. The maximum Gasteiger partial charge on any atom is 0.241 e. The summed E-state index contributed by atoms with van der Waals surface area (Å²) in [4.78, 5) is 14.1. The zero-order chi connectivity index (χ0) is 14.2. The molecule has 0 spiro atoms. The Labute approximate surface area is 119 Å². The second kappa shape index (κ2) is 7.24. The van der Waals surface area contributed by atoms with Crippen molar-refractivity contribution < 1.29 is 4.79 Å². The van der Waals surface area contributed by atoms with E-state index in [4.69, 9.17) is 5.73 Å². The van der Waals surface area contributed by atoms with Crippen LogP contribution in [0.2, 0.25) is 0 Å². The summed E-state index contributed by atoms with van der Waals surface area (Å²) < 4.78 is 0. The molecule has 0 aliphatic heterocycles. The van der Waals surface area contributed by atoms with Gasteiger partial charge in [0.15, 0.2) is 0 Å². The summed E-state index contributed by atoms with van der Waals surface area (Å²) in [6, 6.07) is 12.4. The molecule has 3 heteroatoms. The highest BCUT2D eigenvalue weighted by Gasteiger charge is 2.07. The van der Waals surface area contributed by atoms with Gasteiger partial charge in [0.2, 0.25) is 5.91 Å². The van der Waals surface area contributed by atoms with Crippen molar-refractivity contribution in [3.8, 4) is 0 Å². The Bertz CT molecular complexity index is 568. The van der Waals surface area contributed by atoms with E-state index in [2.05, 4.69) is 29.2 Å². The Morgan fingerprint density at radius 1 is 1.10 bits per heavy atom. The molecule has 0 saturated heterocycles. The lowest BCUT2D eigenvalue weighted by molar-refractivity contribution is -0.113. The van der Waals surface area contributed by atoms with Crippen molar-refractivity contribution in [2.24, 2.45) is 5.73 Å². The van der Waals surface area contributed by atoms with E-state index < -0.39 is 5.91 Å². The number of benzene rings is 1. The summed E-state index contributed by atoms with van der Waals surface area (Å²) in [5, 5.41) is 0. The monoisotopic (exact) mass is 266 g/mol. The molecule has 1 aromatic heterocycles. The van der Waals surface area contributed by atoms with E-state index in [1.54, 1.807) is 35.7 Å². The molecule has 0 radical (unpaired) electrons. The Kier molecular flexibility index (Phi) is 5.07. The van der Waals surface area contributed by atoms with Gasteiger partial charge in [-0.15, -0.1) is 0 Å². The van der Waals surface area contributed by atoms with Crippen LogP contribution in [0, 0.1) is 0 Å². The van der Waals surface area contributed by atoms with Gasteiger partial charge in [-0.05, 0) is 48.1 Å². The van der Waals surface area contributed by atoms with E-state index in [9.17, 15) is 4.79 Å². The maximum atomic E-state index is 10.3. The quantitative estimate of drug-likeness (QED) is 0.850. The van der Waals surface area contributed by atoms with E-state index in [-0.39, 0.29) is 0 Å². The van der Waals surface area contributed by atoms with E-state index in [1.165, 1.54) is 25.3 Å². The van der Waals surface area contributed by atoms with Crippen molar-refractivity contribution in [1.29, 1.82) is 0 Å². The number of amides is 1. The van der Waals surface area contributed by atoms with Gasteiger partial charge in [-0.25, -0.2) is 0 Å². The molecule has 0 fully saturated rings. The van der Waals surface area contributed by atoms with Crippen LogP contribution in [-0.4, -0.2) is 10.9 Å². The minimum Gasteiger partial charge on any atom is -0.366 e. The Balaban J connectivity index is 0.000000149. The lowest BCUT2D eigenvalue weighted by Gasteiger charge is -1.93. The summed E-state index contributed by atoms with van der Waals surface area (Å²) in [6.07, 6.45) is 10.2. The number of pyridine rings is 1. The van der Waals surface area contributed by atoms with Crippen LogP contribution in [-0.2, 0) is 17.6 Å². The van der Waals surface area contributed by atoms with Gasteiger partial charge in [0.1, 0.15) is 0 Å². The molecule has 3 rings (SSSR count). The predicted molar refractivity (Wildman–Crippen MR) is 80.9 cm³/mol. The molecular weight excluding hydrogens is 248 g/mol. The molecule has 1 aromatic carbocycles. The van der Waals surface area contributed by atoms with Crippen LogP contribution in [0.25, 0.3) is 6.08 Å². The van der Waals surface area contributed by atoms with Gasteiger partial charge in [-0.2, -0.15) is 0 Å². The third kappa shape index (κ3) is 4.35. The highest BCUT2D eigenvalue weighted by Crippen LogP contribution is 2.20. The third-order valence-corrected chi connectivity index (χ3v) is 3.14. The number of hydrogen-bond acceptors (Lipinski definition) is 2. The van der Waals surface area contributed by atoms with Crippen molar-refractivity contribution >= 4 is 12.0 Å². The fraction of sp³-hybridized carbons (Fsp3) is 0.176. The normalized spacial score (nSPS) is 12.6. The van der Waals surface area contributed by atoms with E-state index >= 15 is 0 Å². The number of nitrogens with two attached hydrogens (primary N) is 1. The number of hydrogen-bond donors (Lipinski definition) is 1. The van der Waals surface area contributed by atoms with Gasteiger partial charge in [-0.1, -0.05) is 30.3 Å². The molecule has 1 heterocycles. The lowest BCUT2D eigenvalue weighted by Crippen LogP contribution is -2.05. The van der Waals surface area contributed by atoms with Gasteiger partial charge in [0, 0.05) is 18.5 Å². The first-order valence-corrected chi connectivity index (χ1v) is 6.70. The highest BCUT2D eigenvalue weighted by molar-refractivity contribution is 5.90. The molecular formula is C17H18N2O. The topological polar surface area (TPSA) is 56.0 Å². The van der Waals surface area contributed by atoms with Crippen molar-refractivity contribution in [2.75, 3.05) is 0 Å². The number of nitrogens with zero attached hydrogens (tertiary/aromatic N) is 1. The third-order valence-electron chi connectivity index (χ3n) is 3.14. The largest absolute Gasteiger partial charge is 0.366 e. The van der Waals surface area contributed by atoms with Crippen LogP contribution in [0.5, 0.6) is 0 Å². The Morgan fingerprint density at radius 3 is 2.35 bits per heavy atom. The first-order chi connectivity index (χ1) is 9.75. The second-order valence-corrected chi connectivity index (χ2v) is 4.64. The van der Waals surface area contributed by atoms with Gasteiger partial charge in [0.25, 0.3) is 0 Å². The average Bonchev–Trinajstić information content (AvgIpc) is 2.95. The lowest BCUT2D eigenvalue weighted by atomic mass is 10.1. The van der Waals surface area contributed by atoms with Gasteiger partial charge < -0.3 is 5.73 Å². The number of aryl methyl sites for hydroxylation is 2. The van der Waals surface area contributed by atoms with Crippen LogP contribution >= 0.6 is 0 Å². The first-order valence-electron chi connectivity index (χ1n) is 6.70. The molecule has 2 N–H and O–H groups in total. The molecule has 2 aromatic rings. The number of rotatable bonds is 2. The molecule has 102 valence electrons. The second-order valence-electron chi connectivity index (χ2n) is 4.64. The predicted octanol–water partition coefficient (Wildman–Crippen LogP) is 2.76. The molecule has 3 nitrogen and oxygen atoms in total. The fourth-order valence-electron chi connectivity index (χ4n) is 2.17. The molecule has 0 bridgehead atoms. The molecule has 0 saturated carbocycles. The van der Waals surface area contributed by atoms with Crippen molar-refractivity contribution in [3.63, 3.8) is 0 Å². The highest BCUT2D eigenvalue weighted by atomic mass is 16.1. The summed E-state index contributed by atoms with van der Waals surface area (Å²) >= 11 is 0. The van der Waals surface area contributed by atoms with Gasteiger partial charge >= 0.3 is 0 Å². The zero-order valence-electron chi connectivity index (χ0n) is 11.3. The summed E-state index contributed by atoms with van der Waals surface area (Å²) in [5.41, 5.74) is 8.90. The van der Waals surface area contributed by atoms with Crippen LogP contribution < -0.4 is 5.73 Å². The van der Waals surface area contributed by atoms with Crippen LogP contribution in [0.3, 0.4) is 0 Å². The standard InChI is InChI=1S/C9H10.C8H8N2O/c1-2-5-9-7-3-6-8(9)4-1;9-8(11)4-3-7-2-1-5-10-6-7/h1-2,4-5H,3,6-7H2;1-6H,(H2,9,11)/b;4-3+. The molecule has 0 atom stereocenters. The van der Waals surface area contributed by atoms with Crippen LogP contribution in [0.15, 0.2) is 54.9 Å². The molecule has 1 aliphatic rings.